The third-order valence-corrected chi connectivity index (χ3v) is 15.2. The lowest BCUT2D eigenvalue weighted by molar-refractivity contribution is -0.167. The second-order valence-electron chi connectivity index (χ2n) is 23.1. The van der Waals surface area contributed by atoms with Crippen molar-refractivity contribution in [3.05, 3.63) is 85.1 Å². The molecule has 6 heteroatoms. The van der Waals surface area contributed by atoms with E-state index in [0.29, 0.717) is 19.3 Å². The highest BCUT2D eigenvalue weighted by atomic mass is 16.6. The highest BCUT2D eigenvalue weighted by molar-refractivity contribution is 5.71. The lowest BCUT2D eigenvalue weighted by atomic mass is 10.0. The zero-order valence-corrected chi connectivity index (χ0v) is 53.1. The Morgan fingerprint density at radius 1 is 0.263 bits per heavy atom. The lowest BCUT2D eigenvalue weighted by Crippen LogP contribution is -2.30. The zero-order chi connectivity index (χ0) is 57.8. The molecule has 0 saturated carbocycles. The molecule has 0 heterocycles. The number of unbranched alkanes of at least 4 members (excludes halogenated alkanes) is 38. The van der Waals surface area contributed by atoms with Crippen LogP contribution >= 0.6 is 0 Å². The molecule has 0 aromatic rings. The highest BCUT2D eigenvalue weighted by Crippen LogP contribution is 2.18. The average molecular weight is 1120 g/mol. The van der Waals surface area contributed by atoms with E-state index < -0.39 is 6.10 Å². The summed E-state index contributed by atoms with van der Waals surface area (Å²) in [4.78, 5) is 38.4. The van der Waals surface area contributed by atoms with Crippen LogP contribution in [0.25, 0.3) is 0 Å². The lowest BCUT2D eigenvalue weighted by Gasteiger charge is -2.18. The van der Waals surface area contributed by atoms with Crippen molar-refractivity contribution in [2.45, 2.75) is 354 Å². The molecule has 0 radical (unpaired) electrons. The summed E-state index contributed by atoms with van der Waals surface area (Å²) < 4.78 is 16.9. The molecule has 1 atom stereocenters. The topological polar surface area (TPSA) is 78.9 Å². The van der Waals surface area contributed by atoms with Crippen LogP contribution in [0.1, 0.15) is 348 Å². The molecule has 0 aliphatic rings. The molecule has 0 rings (SSSR count). The van der Waals surface area contributed by atoms with Gasteiger partial charge in [0.05, 0.1) is 0 Å². The van der Waals surface area contributed by atoms with E-state index in [4.69, 9.17) is 14.2 Å². The van der Waals surface area contributed by atoms with Crippen LogP contribution < -0.4 is 0 Å². The smallest absolute Gasteiger partial charge is 0.306 e. The number of allylic oxidation sites excluding steroid dienone is 14. The van der Waals surface area contributed by atoms with Crippen LogP contribution in [0.3, 0.4) is 0 Å². The standard InChI is InChI=1S/C74H130O6/c1-4-7-10-13-16-19-22-25-28-31-34-36-37-38-41-43-46-49-52-55-58-61-64-67-73(76)79-70-71(69-78-72(75)66-63-60-57-54-51-48-45-42-39-33-30-27-24-21-18-15-12-9-6-3)80-74(77)68-65-62-59-56-53-50-47-44-40-35-32-29-26-23-20-17-14-11-8-5-2/h7,10,16,19,25,28,34,36,38,41,46,49,55,58,71H,4-6,8-9,11-15,17-18,20-24,26-27,29-33,35,37,39-40,42-45,47-48,50-54,56-57,59-70H2,1-3H3/b10-7-,19-16-,28-25-,36-34-,41-38-,49-46-,58-55-. The minimum atomic E-state index is -0.799. The predicted molar refractivity (Wildman–Crippen MR) is 348 cm³/mol. The fourth-order valence-electron chi connectivity index (χ4n) is 10.0. The quantitative estimate of drug-likeness (QED) is 0.0261. The second kappa shape index (κ2) is 68.1. The van der Waals surface area contributed by atoms with E-state index in [-0.39, 0.29) is 37.5 Å². The minimum Gasteiger partial charge on any atom is -0.462 e. The molecule has 6 nitrogen and oxygen atoms in total. The summed E-state index contributed by atoms with van der Waals surface area (Å²) in [6.07, 6.45) is 90.3. The SMILES string of the molecule is CC/C=C\C/C=C\C/C=C\C/C=C\C/C=C\C/C=C\C/C=C\CCCC(=O)OCC(COC(=O)CCCCCCCCCCCCCCCCCCCCC)OC(=O)CCCCCCCCCCCCCCCCCCCCCC. The number of ether oxygens (including phenoxy) is 3. The van der Waals surface area contributed by atoms with Crippen LogP contribution in [0.5, 0.6) is 0 Å². The molecular weight excluding hydrogens is 985 g/mol. The number of esters is 3. The fourth-order valence-corrected chi connectivity index (χ4v) is 10.0. The molecule has 0 fully saturated rings. The van der Waals surface area contributed by atoms with Gasteiger partial charge in [-0.3, -0.25) is 14.4 Å². The van der Waals surface area contributed by atoms with Gasteiger partial charge in [0.1, 0.15) is 13.2 Å². The molecule has 0 aromatic carbocycles. The van der Waals surface area contributed by atoms with Crippen molar-refractivity contribution in [1.82, 2.24) is 0 Å². The first-order valence-corrected chi connectivity index (χ1v) is 34.6. The van der Waals surface area contributed by atoms with Crippen molar-refractivity contribution < 1.29 is 28.6 Å². The van der Waals surface area contributed by atoms with Gasteiger partial charge in [-0.15, -0.1) is 0 Å². The summed E-state index contributed by atoms with van der Waals surface area (Å²) in [7, 11) is 0. The second-order valence-corrected chi connectivity index (χ2v) is 23.1. The van der Waals surface area contributed by atoms with Crippen LogP contribution in [0.2, 0.25) is 0 Å². The molecule has 0 N–H and O–H groups in total. The fraction of sp³-hybridized carbons (Fsp3) is 0.770. The maximum absolute atomic E-state index is 13.0. The average Bonchev–Trinajstić information content (AvgIpc) is 3.46. The normalized spacial score (nSPS) is 12.6. The molecule has 0 amide bonds. The van der Waals surface area contributed by atoms with Gasteiger partial charge in [-0.2, -0.15) is 0 Å². The molecule has 0 aliphatic carbocycles. The summed E-state index contributed by atoms with van der Waals surface area (Å²) in [6, 6.07) is 0. The van der Waals surface area contributed by atoms with Gasteiger partial charge in [-0.1, -0.05) is 343 Å². The van der Waals surface area contributed by atoms with Gasteiger partial charge in [0.2, 0.25) is 0 Å². The number of carbonyl (C=O) groups excluding carboxylic acids is 3. The van der Waals surface area contributed by atoms with Crippen LogP contribution in [0.4, 0.5) is 0 Å². The van der Waals surface area contributed by atoms with Gasteiger partial charge < -0.3 is 14.2 Å². The molecule has 0 bridgehead atoms. The third kappa shape index (κ3) is 65.4. The van der Waals surface area contributed by atoms with Crippen LogP contribution in [-0.2, 0) is 28.6 Å². The highest BCUT2D eigenvalue weighted by Gasteiger charge is 2.19. The van der Waals surface area contributed by atoms with Gasteiger partial charge in [0.15, 0.2) is 6.10 Å². The molecular formula is C74H130O6. The number of carbonyl (C=O) groups is 3. The largest absolute Gasteiger partial charge is 0.462 e. The van der Waals surface area contributed by atoms with Crippen LogP contribution in [-0.4, -0.2) is 37.2 Å². The Kier molecular flexibility index (Phi) is 65.2. The number of rotatable bonds is 63. The van der Waals surface area contributed by atoms with Gasteiger partial charge in [-0.25, -0.2) is 0 Å². The van der Waals surface area contributed by atoms with Crippen molar-refractivity contribution in [1.29, 1.82) is 0 Å². The van der Waals surface area contributed by atoms with Gasteiger partial charge in [0, 0.05) is 19.3 Å². The van der Waals surface area contributed by atoms with Crippen molar-refractivity contribution in [2.75, 3.05) is 13.2 Å². The van der Waals surface area contributed by atoms with Gasteiger partial charge in [-0.05, 0) is 70.6 Å². The molecule has 462 valence electrons. The summed E-state index contributed by atoms with van der Waals surface area (Å²) in [6.45, 7) is 6.54. The molecule has 80 heavy (non-hydrogen) atoms. The summed E-state index contributed by atoms with van der Waals surface area (Å²) in [5, 5.41) is 0. The summed E-state index contributed by atoms with van der Waals surface area (Å²) >= 11 is 0. The Bertz CT molecular complexity index is 1520. The van der Waals surface area contributed by atoms with Gasteiger partial charge >= 0.3 is 17.9 Å². The maximum atomic E-state index is 13.0. The van der Waals surface area contributed by atoms with Crippen molar-refractivity contribution in [3.8, 4) is 0 Å². The molecule has 0 spiro atoms. The molecule has 0 aromatic heterocycles. The van der Waals surface area contributed by atoms with Crippen LogP contribution in [0.15, 0.2) is 85.1 Å². The van der Waals surface area contributed by atoms with Crippen molar-refractivity contribution in [2.24, 2.45) is 0 Å². The van der Waals surface area contributed by atoms with E-state index in [2.05, 4.69) is 106 Å². The van der Waals surface area contributed by atoms with E-state index in [9.17, 15) is 14.4 Å². The van der Waals surface area contributed by atoms with E-state index in [1.807, 2.05) is 0 Å². The maximum Gasteiger partial charge on any atom is 0.306 e. The van der Waals surface area contributed by atoms with E-state index >= 15 is 0 Å². The van der Waals surface area contributed by atoms with E-state index in [1.165, 1.54) is 212 Å². The third-order valence-electron chi connectivity index (χ3n) is 15.2. The Morgan fingerprint density at radius 2 is 0.487 bits per heavy atom. The monoisotopic (exact) mass is 1110 g/mol. The first-order valence-electron chi connectivity index (χ1n) is 34.6. The Balaban J connectivity index is 4.44. The molecule has 1 unspecified atom stereocenters. The zero-order valence-electron chi connectivity index (χ0n) is 53.1. The molecule has 0 saturated heterocycles. The summed E-state index contributed by atoms with van der Waals surface area (Å²) in [5.41, 5.74) is 0. The predicted octanol–water partition coefficient (Wildman–Crippen LogP) is 23.8. The number of hydrogen-bond donors (Lipinski definition) is 0. The Labute approximate surface area is 496 Å². The van der Waals surface area contributed by atoms with E-state index in [1.54, 1.807) is 0 Å². The first kappa shape index (κ1) is 76.6. The Hall–Kier alpha value is -3.41. The molecule has 0 aliphatic heterocycles. The van der Waals surface area contributed by atoms with Crippen molar-refractivity contribution >= 4 is 17.9 Å². The van der Waals surface area contributed by atoms with Gasteiger partial charge in [0.25, 0.3) is 0 Å². The van der Waals surface area contributed by atoms with Crippen LogP contribution in [0, 0.1) is 0 Å². The number of hydrogen-bond acceptors (Lipinski definition) is 6. The van der Waals surface area contributed by atoms with E-state index in [0.717, 1.165) is 89.9 Å². The minimum absolute atomic E-state index is 0.0897. The summed E-state index contributed by atoms with van der Waals surface area (Å²) in [5.74, 6) is -0.930. The Morgan fingerprint density at radius 3 is 0.762 bits per heavy atom. The first-order chi connectivity index (χ1) is 39.5. The van der Waals surface area contributed by atoms with Crippen molar-refractivity contribution in [3.63, 3.8) is 0 Å².